The summed E-state index contributed by atoms with van der Waals surface area (Å²) in [5.41, 5.74) is 1.67. The highest BCUT2D eigenvalue weighted by molar-refractivity contribution is 6.08. The number of nitrogens with zero attached hydrogens (tertiary/aromatic N) is 2. The first kappa shape index (κ1) is 18.9. The molecule has 0 aliphatic carbocycles. The van der Waals surface area contributed by atoms with Crippen molar-refractivity contribution in [3.63, 3.8) is 0 Å². The van der Waals surface area contributed by atoms with Crippen LogP contribution in [0, 0.1) is 0 Å². The number of β-amino-alcohol motifs (C(OH)–C–C–N with tert-alkyl or cyclic N) is 1. The van der Waals surface area contributed by atoms with Crippen molar-refractivity contribution in [2.45, 2.75) is 0 Å². The van der Waals surface area contributed by atoms with Crippen LogP contribution in [-0.4, -0.2) is 74.4 Å². The maximum absolute atomic E-state index is 12.5. The normalized spacial score (nSPS) is 17.6. The molecule has 0 spiro atoms. The van der Waals surface area contributed by atoms with Gasteiger partial charge in [0.1, 0.15) is 12.3 Å². The molecular formula is C18H21N3O6. The molecule has 2 heterocycles. The Labute approximate surface area is 156 Å². The minimum atomic E-state index is -0.596. The summed E-state index contributed by atoms with van der Waals surface area (Å²) in [5, 5.41) is 12.1. The van der Waals surface area contributed by atoms with Gasteiger partial charge in [-0.25, -0.2) is 4.79 Å². The number of rotatable bonds is 6. The molecule has 2 aliphatic rings. The maximum atomic E-state index is 12.5. The fourth-order valence-electron chi connectivity index (χ4n) is 3.01. The van der Waals surface area contributed by atoms with E-state index in [0.717, 1.165) is 5.69 Å². The van der Waals surface area contributed by atoms with Crippen molar-refractivity contribution in [2.75, 3.05) is 56.8 Å². The minimum Gasteiger partial charge on any atom is -0.466 e. The third kappa shape index (κ3) is 3.93. The van der Waals surface area contributed by atoms with E-state index < -0.39 is 5.97 Å². The minimum absolute atomic E-state index is 0.0601. The molecular weight excluding hydrogens is 354 g/mol. The van der Waals surface area contributed by atoms with Gasteiger partial charge in [0.25, 0.3) is 11.8 Å². The van der Waals surface area contributed by atoms with Crippen molar-refractivity contribution in [1.29, 1.82) is 0 Å². The van der Waals surface area contributed by atoms with Crippen LogP contribution in [0.5, 0.6) is 0 Å². The Morgan fingerprint density at radius 2 is 2.04 bits per heavy atom. The Morgan fingerprint density at radius 3 is 2.67 bits per heavy atom. The molecule has 0 atom stereocenters. The number of ether oxygens (including phenoxy) is 2. The van der Waals surface area contributed by atoms with E-state index in [1.54, 1.807) is 29.2 Å². The fourth-order valence-corrected chi connectivity index (χ4v) is 3.01. The second kappa shape index (κ2) is 8.19. The number of carbonyl (C=O) groups excluding carboxylic acids is 3. The molecule has 2 aliphatic heterocycles. The zero-order valence-electron chi connectivity index (χ0n) is 14.9. The smallest absolute Gasteiger partial charge is 0.337 e. The Balaban J connectivity index is 1.79. The van der Waals surface area contributed by atoms with E-state index in [1.165, 1.54) is 12.0 Å². The van der Waals surface area contributed by atoms with Crippen LogP contribution in [0.25, 0.3) is 0 Å². The number of methoxy groups -OCH3 is 1. The summed E-state index contributed by atoms with van der Waals surface area (Å²) in [7, 11) is 1.25. The summed E-state index contributed by atoms with van der Waals surface area (Å²) >= 11 is 0. The Hall–Kier alpha value is -2.91. The van der Waals surface area contributed by atoms with Gasteiger partial charge in [0.15, 0.2) is 0 Å². The largest absolute Gasteiger partial charge is 0.466 e. The molecule has 2 N–H and O–H groups in total. The molecule has 9 nitrogen and oxygen atoms in total. The maximum Gasteiger partial charge on any atom is 0.337 e. The third-order valence-electron chi connectivity index (χ3n) is 4.39. The van der Waals surface area contributed by atoms with Crippen LogP contribution >= 0.6 is 0 Å². The molecule has 0 saturated carbocycles. The summed E-state index contributed by atoms with van der Waals surface area (Å²) in [6, 6.07) is 6.97. The predicted molar refractivity (Wildman–Crippen MR) is 95.9 cm³/mol. The van der Waals surface area contributed by atoms with E-state index in [1.807, 2.05) is 0 Å². The van der Waals surface area contributed by atoms with E-state index in [-0.39, 0.29) is 49.4 Å². The lowest BCUT2D eigenvalue weighted by Crippen LogP contribution is -2.41. The number of anilines is 2. The molecule has 9 heteroatoms. The Morgan fingerprint density at radius 1 is 1.30 bits per heavy atom. The van der Waals surface area contributed by atoms with Crippen LogP contribution < -0.4 is 10.2 Å². The summed E-state index contributed by atoms with van der Waals surface area (Å²) in [6.45, 7) is 1.03. The van der Waals surface area contributed by atoms with Crippen LogP contribution in [0.15, 0.2) is 35.5 Å². The van der Waals surface area contributed by atoms with E-state index in [9.17, 15) is 14.4 Å². The van der Waals surface area contributed by atoms with Gasteiger partial charge in [0.2, 0.25) is 0 Å². The monoisotopic (exact) mass is 375 g/mol. The van der Waals surface area contributed by atoms with Crippen LogP contribution in [-0.2, 0) is 23.9 Å². The van der Waals surface area contributed by atoms with Gasteiger partial charge in [-0.05, 0) is 24.3 Å². The number of amides is 2. The van der Waals surface area contributed by atoms with E-state index in [2.05, 4.69) is 5.32 Å². The average Bonchev–Trinajstić information content (AvgIpc) is 2.99. The second-order valence-electron chi connectivity index (χ2n) is 6.07. The zero-order valence-corrected chi connectivity index (χ0v) is 14.9. The molecule has 0 radical (unpaired) electrons. The summed E-state index contributed by atoms with van der Waals surface area (Å²) < 4.78 is 9.87. The highest BCUT2D eigenvalue weighted by atomic mass is 16.5. The molecule has 1 aromatic rings. The van der Waals surface area contributed by atoms with Gasteiger partial charge in [0, 0.05) is 24.5 Å². The number of nitrogens with one attached hydrogen (secondary N) is 1. The standard InChI is InChI=1S/C18H21N3O6/c1-26-18(25)14-10-20(6-8-22)17(24)16(14)19-12-2-4-13(5-3-12)21-7-9-27-11-15(21)23/h2-5,19,22H,6-11H2,1H3. The zero-order chi connectivity index (χ0) is 19.4. The molecule has 3 rings (SSSR count). The number of aliphatic hydroxyl groups excluding tert-OH is 1. The van der Waals surface area contributed by atoms with E-state index in [0.29, 0.717) is 18.8 Å². The molecule has 1 fully saturated rings. The predicted octanol–water partition coefficient (Wildman–Crippen LogP) is -0.277. The molecule has 27 heavy (non-hydrogen) atoms. The van der Waals surface area contributed by atoms with Crippen LogP contribution in [0.1, 0.15) is 0 Å². The number of esters is 1. The van der Waals surface area contributed by atoms with Gasteiger partial charge in [-0.1, -0.05) is 0 Å². The molecule has 1 aromatic carbocycles. The van der Waals surface area contributed by atoms with Crippen LogP contribution in [0.2, 0.25) is 0 Å². The summed E-state index contributed by atoms with van der Waals surface area (Å²) in [5.74, 6) is -1.08. The topological polar surface area (TPSA) is 108 Å². The van der Waals surface area contributed by atoms with E-state index >= 15 is 0 Å². The Kier molecular flexibility index (Phi) is 5.72. The number of hydrogen-bond acceptors (Lipinski definition) is 7. The van der Waals surface area contributed by atoms with Gasteiger partial charge in [-0.2, -0.15) is 0 Å². The van der Waals surface area contributed by atoms with Gasteiger partial charge in [-0.3, -0.25) is 9.59 Å². The highest BCUT2D eigenvalue weighted by Gasteiger charge is 2.34. The van der Waals surface area contributed by atoms with Gasteiger partial charge in [-0.15, -0.1) is 0 Å². The number of aliphatic hydroxyl groups is 1. The third-order valence-corrected chi connectivity index (χ3v) is 4.39. The average molecular weight is 375 g/mol. The summed E-state index contributed by atoms with van der Waals surface area (Å²) in [4.78, 5) is 39.4. The molecule has 0 unspecified atom stereocenters. The number of carbonyl (C=O) groups is 3. The quantitative estimate of drug-likeness (QED) is 0.659. The first-order valence-corrected chi connectivity index (χ1v) is 8.52. The van der Waals surface area contributed by atoms with E-state index in [4.69, 9.17) is 14.6 Å². The molecule has 0 aromatic heterocycles. The fraction of sp³-hybridized carbons (Fsp3) is 0.389. The number of morpholine rings is 1. The molecule has 1 saturated heterocycles. The first-order valence-electron chi connectivity index (χ1n) is 8.52. The summed E-state index contributed by atoms with van der Waals surface area (Å²) in [6.07, 6.45) is 0. The second-order valence-corrected chi connectivity index (χ2v) is 6.07. The Bertz CT molecular complexity index is 774. The lowest BCUT2D eigenvalue weighted by atomic mass is 10.2. The van der Waals surface area contributed by atoms with Crippen molar-refractivity contribution < 1.29 is 29.0 Å². The number of hydrogen-bond donors (Lipinski definition) is 2. The highest BCUT2D eigenvalue weighted by Crippen LogP contribution is 2.25. The van der Waals surface area contributed by atoms with Gasteiger partial charge >= 0.3 is 5.97 Å². The lowest BCUT2D eigenvalue weighted by molar-refractivity contribution is -0.136. The molecule has 144 valence electrons. The lowest BCUT2D eigenvalue weighted by Gasteiger charge is -2.27. The van der Waals surface area contributed by atoms with Crippen LogP contribution in [0.3, 0.4) is 0 Å². The van der Waals surface area contributed by atoms with Crippen molar-refractivity contribution in [1.82, 2.24) is 4.90 Å². The van der Waals surface area contributed by atoms with Crippen molar-refractivity contribution in [2.24, 2.45) is 0 Å². The van der Waals surface area contributed by atoms with Crippen molar-refractivity contribution in [3.05, 3.63) is 35.5 Å². The molecule has 0 bridgehead atoms. The SMILES string of the molecule is COC(=O)C1=C(Nc2ccc(N3CCOCC3=O)cc2)C(=O)N(CCO)C1. The number of benzene rings is 1. The van der Waals surface area contributed by atoms with Gasteiger partial charge < -0.3 is 29.7 Å². The van der Waals surface area contributed by atoms with Crippen molar-refractivity contribution >= 4 is 29.2 Å². The van der Waals surface area contributed by atoms with Gasteiger partial charge in [0.05, 0.1) is 32.4 Å². The molecule has 2 amide bonds. The van der Waals surface area contributed by atoms with Crippen LogP contribution in [0.4, 0.5) is 11.4 Å². The first-order chi connectivity index (χ1) is 13.0. The van der Waals surface area contributed by atoms with Crippen molar-refractivity contribution in [3.8, 4) is 0 Å².